The molecular formula is C21H23N5O2. The molecule has 1 atom stereocenters. The molecule has 4 heterocycles. The van der Waals surface area contributed by atoms with Crippen molar-refractivity contribution < 1.29 is 4.79 Å². The van der Waals surface area contributed by atoms with Crippen molar-refractivity contribution >= 4 is 5.91 Å². The number of nitrogens with zero attached hydrogens (tertiary/aromatic N) is 5. The summed E-state index contributed by atoms with van der Waals surface area (Å²) in [7, 11) is 1.66. The molecule has 0 aliphatic carbocycles. The minimum atomic E-state index is -0.119. The molecule has 1 unspecified atom stereocenters. The van der Waals surface area contributed by atoms with Crippen LogP contribution in [-0.4, -0.2) is 43.0 Å². The molecule has 3 aromatic heterocycles. The number of carbonyl (C=O) groups is 1. The number of imidazole rings is 1. The normalized spacial score (nSPS) is 16.9. The molecule has 1 saturated heterocycles. The Labute approximate surface area is 163 Å². The summed E-state index contributed by atoms with van der Waals surface area (Å²) < 4.78 is 3.59. The monoisotopic (exact) mass is 377 g/mol. The van der Waals surface area contributed by atoms with Gasteiger partial charge in [0.05, 0.1) is 5.56 Å². The van der Waals surface area contributed by atoms with E-state index in [0.717, 1.165) is 31.8 Å². The van der Waals surface area contributed by atoms with E-state index in [4.69, 9.17) is 0 Å². The highest BCUT2D eigenvalue weighted by Gasteiger charge is 2.28. The van der Waals surface area contributed by atoms with E-state index in [1.807, 2.05) is 29.4 Å². The summed E-state index contributed by atoms with van der Waals surface area (Å²) in [6, 6.07) is 7.05. The molecule has 28 heavy (non-hydrogen) atoms. The van der Waals surface area contributed by atoms with Gasteiger partial charge in [0.1, 0.15) is 5.82 Å². The fourth-order valence-corrected chi connectivity index (χ4v) is 3.77. The molecule has 0 spiro atoms. The zero-order chi connectivity index (χ0) is 19.5. The SMILES string of the molecule is Cn1cc(C(=O)N2CCCC(c3nccn3Cc3ccncc3)C2)ccc1=O. The lowest BCUT2D eigenvalue weighted by Gasteiger charge is -2.32. The number of rotatable bonds is 4. The maximum Gasteiger partial charge on any atom is 0.255 e. The molecule has 7 nitrogen and oxygen atoms in total. The van der Waals surface area contributed by atoms with Crippen molar-refractivity contribution in [2.45, 2.75) is 25.3 Å². The molecule has 0 aromatic carbocycles. The van der Waals surface area contributed by atoms with E-state index in [0.29, 0.717) is 12.1 Å². The van der Waals surface area contributed by atoms with Gasteiger partial charge in [-0.05, 0) is 36.6 Å². The molecule has 1 fully saturated rings. The third-order valence-corrected chi connectivity index (χ3v) is 5.26. The van der Waals surface area contributed by atoms with Crippen molar-refractivity contribution in [3.05, 3.63) is 82.6 Å². The largest absolute Gasteiger partial charge is 0.338 e. The molecule has 0 N–H and O–H groups in total. The van der Waals surface area contributed by atoms with Crippen LogP contribution in [0.5, 0.6) is 0 Å². The Morgan fingerprint density at radius 3 is 2.79 bits per heavy atom. The zero-order valence-electron chi connectivity index (χ0n) is 15.9. The summed E-state index contributed by atoms with van der Waals surface area (Å²) >= 11 is 0. The van der Waals surface area contributed by atoms with Gasteiger partial charge in [0.25, 0.3) is 5.91 Å². The molecule has 7 heteroatoms. The van der Waals surface area contributed by atoms with Gasteiger partial charge in [0.15, 0.2) is 0 Å². The van der Waals surface area contributed by atoms with E-state index in [1.54, 1.807) is 31.7 Å². The Morgan fingerprint density at radius 2 is 2.00 bits per heavy atom. The van der Waals surface area contributed by atoms with E-state index in [1.165, 1.54) is 16.2 Å². The average molecular weight is 377 g/mol. The maximum atomic E-state index is 12.9. The zero-order valence-corrected chi connectivity index (χ0v) is 15.9. The van der Waals surface area contributed by atoms with Crippen molar-refractivity contribution in [3.63, 3.8) is 0 Å². The van der Waals surface area contributed by atoms with E-state index >= 15 is 0 Å². The van der Waals surface area contributed by atoms with Gasteiger partial charge in [0, 0.05) is 69.7 Å². The number of amides is 1. The number of carbonyl (C=O) groups excluding carboxylic acids is 1. The van der Waals surface area contributed by atoms with Crippen LogP contribution in [-0.2, 0) is 13.6 Å². The number of hydrogen-bond donors (Lipinski definition) is 0. The lowest BCUT2D eigenvalue weighted by atomic mass is 9.96. The molecule has 0 bridgehead atoms. The summed E-state index contributed by atoms with van der Waals surface area (Å²) in [4.78, 5) is 35.1. The van der Waals surface area contributed by atoms with Crippen LogP contribution in [0.4, 0.5) is 0 Å². The number of pyridine rings is 2. The van der Waals surface area contributed by atoms with Gasteiger partial charge in [-0.1, -0.05) is 0 Å². The summed E-state index contributed by atoms with van der Waals surface area (Å²) in [5.74, 6) is 1.17. The minimum Gasteiger partial charge on any atom is -0.338 e. The lowest BCUT2D eigenvalue weighted by Crippen LogP contribution is -2.40. The molecule has 1 amide bonds. The number of likely N-dealkylation sites (tertiary alicyclic amines) is 1. The first-order chi connectivity index (χ1) is 13.6. The molecular weight excluding hydrogens is 354 g/mol. The molecule has 0 saturated carbocycles. The summed E-state index contributed by atoms with van der Waals surface area (Å²) in [5, 5.41) is 0. The van der Waals surface area contributed by atoms with Crippen LogP contribution in [0, 0.1) is 0 Å². The molecule has 4 rings (SSSR count). The maximum absolute atomic E-state index is 12.9. The first-order valence-corrected chi connectivity index (χ1v) is 9.48. The Morgan fingerprint density at radius 1 is 1.18 bits per heavy atom. The Bertz CT molecular complexity index is 1020. The van der Waals surface area contributed by atoms with Gasteiger partial charge >= 0.3 is 0 Å². The highest BCUT2D eigenvalue weighted by Crippen LogP contribution is 2.27. The first-order valence-electron chi connectivity index (χ1n) is 9.48. The van der Waals surface area contributed by atoms with Crippen molar-refractivity contribution in [1.29, 1.82) is 0 Å². The molecule has 1 aliphatic heterocycles. The van der Waals surface area contributed by atoms with E-state index in [9.17, 15) is 9.59 Å². The first kappa shape index (κ1) is 18.2. The van der Waals surface area contributed by atoms with Gasteiger partial charge in [-0.2, -0.15) is 0 Å². The lowest BCUT2D eigenvalue weighted by molar-refractivity contribution is 0.0702. The van der Waals surface area contributed by atoms with Crippen molar-refractivity contribution in [2.24, 2.45) is 7.05 Å². The summed E-state index contributed by atoms with van der Waals surface area (Å²) in [5.41, 5.74) is 1.59. The van der Waals surface area contributed by atoms with Crippen LogP contribution in [0.15, 0.2) is 60.0 Å². The van der Waals surface area contributed by atoms with Gasteiger partial charge in [-0.25, -0.2) is 4.98 Å². The van der Waals surface area contributed by atoms with Gasteiger partial charge < -0.3 is 14.0 Å². The van der Waals surface area contributed by atoms with Crippen LogP contribution in [0.1, 0.15) is 40.5 Å². The molecule has 0 radical (unpaired) electrons. The van der Waals surface area contributed by atoms with Gasteiger partial charge in [-0.3, -0.25) is 14.6 Å². The van der Waals surface area contributed by atoms with E-state index in [-0.39, 0.29) is 17.4 Å². The highest BCUT2D eigenvalue weighted by atomic mass is 16.2. The second kappa shape index (κ2) is 7.80. The summed E-state index contributed by atoms with van der Waals surface area (Å²) in [6.07, 6.45) is 10.9. The Kier molecular flexibility index (Phi) is 5.06. The fourth-order valence-electron chi connectivity index (χ4n) is 3.77. The van der Waals surface area contributed by atoms with Crippen LogP contribution in [0.3, 0.4) is 0 Å². The van der Waals surface area contributed by atoms with Crippen LogP contribution in [0.25, 0.3) is 0 Å². The predicted molar refractivity (Wildman–Crippen MR) is 105 cm³/mol. The number of hydrogen-bond acceptors (Lipinski definition) is 4. The summed E-state index contributed by atoms with van der Waals surface area (Å²) in [6.45, 7) is 2.10. The number of aryl methyl sites for hydroxylation is 1. The standard InChI is InChI=1S/C21H23N5O2/c1-24-14-18(4-5-19(24)27)21(28)26-11-2-3-17(15-26)20-23-10-12-25(20)13-16-6-8-22-9-7-16/h4-10,12,14,17H,2-3,11,13,15H2,1H3. The molecule has 1 aliphatic rings. The molecule has 144 valence electrons. The third kappa shape index (κ3) is 3.74. The van der Waals surface area contributed by atoms with E-state index < -0.39 is 0 Å². The third-order valence-electron chi connectivity index (χ3n) is 5.26. The highest BCUT2D eigenvalue weighted by molar-refractivity contribution is 5.94. The van der Waals surface area contributed by atoms with Crippen LogP contribution in [0.2, 0.25) is 0 Å². The number of piperidine rings is 1. The predicted octanol–water partition coefficient (Wildman–Crippen LogP) is 2.04. The van der Waals surface area contributed by atoms with Crippen molar-refractivity contribution in [2.75, 3.05) is 13.1 Å². The molecule has 3 aromatic rings. The van der Waals surface area contributed by atoms with Crippen molar-refractivity contribution in [3.8, 4) is 0 Å². The van der Waals surface area contributed by atoms with E-state index in [2.05, 4.69) is 14.5 Å². The average Bonchev–Trinajstić information content (AvgIpc) is 3.18. The van der Waals surface area contributed by atoms with Crippen LogP contribution < -0.4 is 5.56 Å². The minimum absolute atomic E-state index is 0.0347. The van der Waals surface area contributed by atoms with Gasteiger partial charge in [-0.15, -0.1) is 0 Å². The smallest absolute Gasteiger partial charge is 0.255 e. The topological polar surface area (TPSA) is 73.0 Å². The number of aromatic nitrogens is 4. The fraction of sp³-hybridized carbons (Fsp3) is 0.333. The van der Waals surface area contributed by atoms with Gasteiger partial charge in [0.2, 0.25) is 5.56 Å². The second-order valence-electron chi connectivity index (χ2n) is 7.23. The quantitative estimate of drug-likeness (QED) is 0.698. The Balaban J connectivity index is 1.51. The van der Waals surface area contributed by atoms with Crippen molar-refractivity contribution in [1.82, 2.24) is 24.0 Å². The second-order valence-corrected chi connectivity index (χ2v) is 7.23. The Hall–Kier alpha value is -3.22. The van der Waals surface area contributed by atoms with Crippen LogP contribution >= 0.6 is 0 Å².